The summed E-state index contributed by atoms with van der Waals surface area (Å²) in [5.74, 6) is 2.81. The first-order valence-electron chi connectivity index (χ1n) is 12.0. The number of fused-ring (bicyclic) bond motifs is 2. The van der Waals surface area contributed by atoms with Gasteiger partial charge >= 0.3 is 0 Å². The molecular formula is C25H31N5O3. The van der Waals surface area contributed by atoms with Crippen molar-refractivity contribution < 1.29 is 14.2 Å². The Morgan fingerprint density at radius 2 is 1.91 bits per heavy atom. The van der Waals surface area contributed by atoms with Crippen LogP contribution in [0.25, 0.3) is 11.2 Å². The highest BCUT2D eigenvalue weighted by Gasteiger charge is 2.29. The van der Waals surface area contributed by atoms with Crippen molar-refractivity contribution in [3.63, 3.8) is 0 Å². The van der Waals surface area contributed by atoms with Gasteiger partial charge in [0.05, 0.1) is 24.9 Å². The maximum Gasteiger partial charge on any atom is 0.184 e. The largest absolute Gasteiger partial charge is 0.486 e. The molecule has 0 saturated carbocycles. The van der Waals surface area contributed by atoms with Crippen LogP contribution >= 0.6 is 0 Å². The molecule has 1 aromatic carbocycles. The number of hydrogen-bond donors (Lipinski definition) is 0. The molecule has 2 saturated heterocycles. The molecule has 3 aliphatic rings. The van der Waals surface area contributed by atoms with Crippen LogP contribution in [0.4, 0.5) is 5.69 Å². The van der Waals surface area contributed by atoms with Gasteiger partial charge < -0.3 is 23.7 Å². The summed E-state index contributed by atoms with van der Waals surface area (Å²) in [5, 5.41) is 0. The summed E-state index contributed by atoms with van der Waals surface area (Å²) in [6.07, 6.45) is 1.37. The van der Waals surface area contributed by atoms with Gasteiger partial charge in [-0.2, -0.15) is 0 Å². The summed E-state index contributed by atoms with van der Waals surface area (Å²) in [4.78, 5) is 14.7. The fourth-order valence-corrected chi connectivity index (χ4v) is 5.03. The fraction of sp³-hybridized carbons (Fsp3) is 0.520. The fourth-order valence-electron chi connectivity index (χ4n) is 5.03. The maximum atomic E-state index is 5.97. The average Bonchev–Trinajstić information content (AvgIpc) is 3.13. The third kappa shape index (κ3) is 3.91. The van der Waals surface area contributed by atoms with E-state index in [9.17, 15) is 0 Å². The van der Waals surface area contributed by atoms with Gasteiger partial charge in [-0.25, -0.2) is 9.97 Å². The summed E-state index contributed by atoms with van der Waals surface area (Å²) in [6.45, 7) is 10.9. The molecule has 0 amide bonds. The van der Waals surface area contributed by atoms with E-state index in [2.05, 4.69) is 39.5 Å². The Morgan fingerprint density at radius 1 is 1.03 bits per heavy atom. The number of rotatable bonds is 5. The van der Waals surface area contributed by atoms with Crippen LogP contribution in [0.5, 0.6) is 11.5 Å². The van der Waals surface area contributed by atoms with Gasteiger partial charge in [-0.15, -0.1) is 0 Å². The van der Waals surface area contributed by atoms with E-state index in [1.54, 1.807) is 0 Å². The summed E-state index contributed by atoms with van der Waals surface area (Å²) in [6, 6.07) is 10.7. The van der Waals surface area contributed by atoms with E-state index in [4.69, 9.17) is 24.2 Å². The predicted molar refractivity (Wildman–Crippen MR) is 126 cm³/mol. The predicted octanol–water partition coefficient (Wildman–Crippen LogP) is 3.01. The van der Waals surface area contributed by atoms with Gasteiger partial charge in [0, 0.05) is 38.0 Å². The number of aromatic nitrogens is 3. The smallest absolute Gasteiger partial charge is 0.184 e. The first-order chi connectivity index (χ1) is 16.2. The Balaban J connectivity index is 1.22. The van der Waals surface area contributed by atoms with Crippen LogP contribution in [0, 0.1) is 6.92 Å². The van der Waals surface area contributed by atoms with Crippen LogP contribution in [0.2, 0.25) is 0 Å². The van der Waals surface area contributed by atoms with Gasteiger partial charge in [0.1, 0.15) is 24.6 Å². The molecule has 3 aromatic rings. The molecule has 6 rings (SSSR count). The number of benzene rings is 1. The molecule has 5 heterocycles. The minimum atomic E-state index is 0.268. The average molecular weight is 450 g/mol. The molecular weight excluding hydrogens is 418 g/mol. The molecule has 2 unspecified atom stereocenters. The molecule has 8 nitrogen and oxygen atoms in total. The standard InChI is InChI=1S/C25H31N5O3/c1-17-6-7-20-25(26-17)30(15-19-8-11-31-19)23(27-20)16-28-9-10-29(14-18(28)2)21-4-3-5-22-24(21)33-13-12-32-22/h3-7,18-19H,8-16H2,1-2H3. The van der Waals surface area contributed by atoms with Crippen molar-refractivity contribution in [3.8, 4) is 11.5 Å². The lowest BCUT2D eigenvalue weighted by atomic mass is 10.1. The Hall–Kier alpha value is -2.84. The molecule has 33 heavy (non-hydrogen) atoms. The number of ether oxygens (including phenoxy) is 3. The van der Waals surface area contributed by atoms with Crippen LogP contribution in [0.1, 0.15) is 24.9 Å². The second-order valence-electron chi connectivity index (χ2n) is 9.28. The van der Waals surface area contributed by atoms with Crippen molar-refractivity contribution in [3.05, 3.63) is 41.9 Å². The molecule has 2 atom stereocenters. The number of imidazole rings is 1. The lowest BCUT2D eigenvalue weighted by Crippen LogP contribution is -2.52. The van der Waals surface area contributed by atoms with Crippen LogP contribution < -0.4 is 14.4 Å². The summed E-state index contributed by atoms with van der Waals surface area (Å²) < 4.78 is 19.8. The van der Waals surface area contributed by atoms with Crippen LogP contribution in [-0.4, -0.2) is 71.0 Å². The summed E-state index contributed by atoms with van der Waals surface area (Å²) >= 11 is 0. The number of nitrogens with zero attached hydrogens (tertiary/aromatic N) is 5. The molecule has 174 valence electrons. The monoisotopic (exact) mass is 449 g/mol. The van der Waals surface area contributed by atoms with E-state index < -0.39 is 0 Å². The molecule has 2 fully saturated rings. The normalized spacial score (nSPS) is 23.0. The number of hydrogen-bond acceptors (Lipinski definition) is 7. The third-order valence-electron chi connectivity index (χ3n) is 6.99. The number of anilines is 1. The van der Waals surface area contributed by atoms with E-state index in [-0.39, 0.29) is 6.10 Å². The zero-order chi connectivity index (χ0) is 22.4. The highest BCUT2D eigenvalue weighted by molar-refractivity contribution is 5.71. The van der Waals surface area contributed by atoms with Gasteiger partial charge in [0.2, 0.25) is 0 Å². The zero-order valence-corrected chi connectivity index (χ0v) is 19.4. The van der Waals surface area contributed by atoms with Gasteiger partial charge in [-0.1, -0.05) is 6.07 Å². The van der Waals surface area contributed by atoms with Gasteiger partial charge in [0.15, 0.2) is 17.1 Å². The maximum absolute atomic E-state index is 5.97. The second-order valence-corrected chi connectivity index (χ2v) is 9.28. The van der Waals surface area contributed by atoms with E-state index in [0.717, 1.165) is 85.6 Å². The number of aryl methyl sites for hydroxylation is 1. The van der Waals surface area contributed by atoms with Crippen molar-refractivity contribution in [1.29, 1.82) is 0 Å². The molecule has 0 N–H and O–H groups in total. The van der Waals surface area contributed by atoms with Crippen molar-refractivity contribution in [1.82, 2.24) is 19.4 Å². The van der Waals surface area contributed by atoms with Gasteiger partial charge in [-0.05, 0) is 44.5 Å². The van der Waals surface area contributed by atoms with Crippen molar-refractivity contribution in [2.24, 2.45) is 0 Å². The van der Waals surface area contributed by atoms with E-state index >= 15 is 0 Å². The van der Waals surface area contributed by atoms with Crippen molar-refractivity contribution >= 4 is 16.9 Å². The number of pyridine rings is 1. The van der Waals surface area contributed by atoms with Gasteiger partial charge in [0.25, 0.3) is 0 Å². The lowest BCUT2D eigenvalue weighted by Gasteiger charge is -2.41. The Bertz CT molecular complexity index is 1160. The van der Waals surface area contributed by atoms with E-state index in [0.29, 0.717) is 19.3 Å². The molecule has 0 bridgehead atoms. The minimum Gasteiger partial charge on any atom is -0.486 e. The Kier molecular flexibility index (Phi) is 5.34. The third-order valence-corrected chi connectivity index (χ3v) is 6.99. The first-order valence-corrected chi connectivity index (χ1v) is 12.0. The van der Waals surface area contributed by atoms with Crippen LogP contribution in [-0.2, 0) is 17.8 Å². The number of piperazine rings is 1. The van der Waals surface area contributed by atoms with Crippen molar-refractivity contribution in [2.45, 2.75) is 45.5 Å². The number of para-hydroxylation sites is 1. The molecule has 0 radical (unpaired) electrons. The SMILES string of the molecule is Cc1ccc2nc(CN3CCN(c4cccc5c4OCCO5)CC3C)n(CC3CCO3)c2n1. The molecule has 3 aliphatic heterocycles. The molecule has 8 heteroatoms. The highest BCUT2D eigenvalue weighted by atomic mass is 16.6. The Labute approximate surface area is 194 Å². The zero-order valence-electron chi connectivity index (χ0n) is 19.4. The molecule has 0 aliphatic carbocycles. The topological polar surface area (TPSA) is 64.9 Å². The van der Waals surface area contributed by atoms with Crippen molar-refractivity contribution in [2.75, 3.05) is 44.4 Å². The minimum absolute atomic E-state index is 0.268. The van der Waals surface area contributed by atoms with E-state index in [1.165, 1.54) is 0 Å². The quantitative estimate of drug-likeness (QED) is 0.593. The van der Waals surface area contributed by atoms with E-state index in [1.807, 2.05) is 19.1 Å². The van der Waals surface area contributed by atoms with Gasteiger partial charge in [-0.3, -0.25) is 4.90 Å². The molecule has 0 spiro atoms. The highest BCUT2D eigenvalue weighted by Crippen LogP contribution is 2.40. The molecule has 2 aromatic heterocycles. The van der Waals surface area contributed by atoms with Crippen LogP contribution in [0.15, 0.2) is 30.3 Å². The Morgan fingerprint density at radius 3 is 2.73 bits per heavy atom. The lowest BCUT2D eigenvalue weighted by molar-refractivity contribution is -0.0593. The first kappa shape index (κ1) is 20.7. The summed E-state index contributed by atoms with van der Waals surface area (Å²) in [5.41, 5.74) is 4.09. The second kappa shape index (κ2) is 8.50. The summed E-state index contributed by atoms with van der Waals surface area (Å²) in [7, 11) is 0. The van der Waals surface area contributed by atoms with Crippen LogP contribution in [0.3, 0.4) is 0 Å².